The average Bonchev–Trinajstić information content (AvgIpc) is 3.05. The van der Waals surface area contributed by atoms with Gasteiger partial charge in [0.25, 0.3) is 17.7 Å². The maximum absolute atomic E-state index is 12.2. The highest BCUT2D eigenvalue weighted by atomic mass is 16.5. The van der Waals surface area contributed by atoms with Gasteiger partial charge < -0.3 is 10.1 Å². The van der Waals surface area contributed by atoms with E-state index in [2.05, 4.69) is 5.32 Å². The number of hydrogen-bond acceptors (Lipinski definition) is 5. The first-order valence-electron chi connectivity index (χ1n) is 8.63. The van der Waals surface area contributed by atoms with Gasteiger partial charge in [0, 0.05) is 12.2 Å². The van der Waals surface area contributed by atoms with Crippen molar-refractivity contribution in [3.8, 4) is 0 Å². The lowest BCUT2D eigenvalue weighted by atomic mass is 10.1. The monoisotopic (exact) mass is 378 g/mol. The predicted molar refractivity (Wildman–Crippen MR) is 101 cm³/mol. The number of carbonyl (C=O) groups excluding carboxylic acids is 4. The van der Waals surface area contributed by atoms with Gasteiger partial charge in [0.1, 0.15) is 0 Å². The van der Waals surface area contributed by atoms with Crippen LogP contribution in [0.1, 0.15) is 28.9 Å². The standard InChI is InChI=1S/C21H18N2O5/c1-14(15-6-3-2-4-7-15)22-18(24)13-28-21(27)16-8-5-9-17(12-16)23-19(25)10-11-20(23)26/h2-12,14H,13H2,1H3,(H,22,24)/t14-/m0/s1. The number of rotatable bonds is 6. The molecule has 0 bridgehead atoms. The molecule has 0 radical (unpaired) electrons. The fraction of sp³-hybridized carbons (Fsp3) is 0.143. The lowest BCUT2D eigenvalue weighted by Crippen LogP contribution is -2.31. The number of imide groups is 1. The second kappa shape index (κ2) is 8.30. The topological polar surface area (TPSA) is 92.8 Å². The van der Waals surface area contributed by atoms with Gasteiger partial charge in [-0.1, -0.05) is 36.4 Å². The molecule has 0 saturated carbocycles. The summed E-state index contributed by atoms with van der Waals surface area (Å²) < 4.78 is 5.04. The van der Waals surface area contributed by atoms with E-state index in [0.717, 1.165) is 22.6 Å². The van der Waals surface area contributed by atoms with E-state index in [0.29, 0.717) is 0 Å². The number of benzene rings is 2. The van der Waals surface area contributed by atoms with Crippen LogP contribution in [0.2, 0.25) is 0 Å². The lowest BCUT2D eigenvalue weighted by Gasteiger charge is -2.15. The van der Waals surface area contributed by atoms with E-state index in [-0.39, 0.29) is 17.3 Å². The number of carbonyl (C=O) groups is 4. The van der Waals surface area contributed by atoms with Crippen LogP contribution in [0.3, 0.4) is 0 Å². The zero-order valence-corrected chi connectivity index (χ0v) is 15.1. The first-order chi connectivity index (χ1) is 13.5. The molecule has 0 saturated heterocycles. The zero-order valence-electron chi connectivity index (χ0n) is 15.1. The van der Waals surface area contributed by atoms with E-state index in [1.807, 2.05) is 37.3 Å². The fourth-order valence-corrected chi connectivity index (χ4v) is 2.75. The predicted octanol–water partition coefficient (Wildman–Crippen LogP) is 2.15. The van der Waals surface area contributed by atoms with E-state index < -0.39 is 30.3 Å². The number of ether oxygens (including phenoxy) is 1. The molecule has 0 fully saturated rings. The minimum absolute atomic E-state index is 0.133. The Morgan fingerprint density at radius 3 is 2.36 bits per heavy atom. The third-order valence-corrected chi connectivity index (χ3v) is 4.16. The number of hydrogen-bond donors (Lipinski definition) is 1. The molecular formula is C21H18N2O5. The molecule has 7 heteroatoms. The van der Waals surface area contributed by atoms with Crippen LogP contribution in [0.4, 0.5) is 5.69 Å². The minimum Gasteiger partial charge on any atom is -0.452 e. The van der Waals surface area contributed by atoms with Crippen molar-refractivity contribution in [2.45, 2.75) is 13.0 Å². The Labute approximate surface area is 161 Å². The van der Waals surface area contributed by atoms with Gasteiger partial charge >= 0.3 is 5.97 Å². The molecule has 1 N–H and O–H groups in total. The molecule has 0 spiro atoms. The van der Waals surface area contributed by atoms with E-state index in [4.69, 9.17) is 4.74 Å². The Morgan fingerprint density at radius 2 is 1.68 bits per heavy atom. The summed E-state index contributed by atoms with van der Waals surface area (Å²) in [5.41, 5.74) is 1.33. The second-order valence-corrected chi connectivity index (χ2v) is 6.17. The summed E-state index contributed by atoms with van der Waals surface area (Å²) in [6, 6.07) is 15.1. The highest BCUT2D eigenvalue weighted by molar-refractivity contribution is 6.28. The maximum Gasteiger partial charge on any atom is 0.338 e. The summed E-state index contributed by atoms with van der Waals surface area (Å²) in [6.07, 6.45) is 2.32. The largest absolute Gasteiger partial charge is 0.452 e. The van der Waals surface area contributed by atoms with E-state index in [1.165, 1.54) is 24.3 Å². The van der Waals surface area contributed by atoms with Gasteiger partial charge in [0.15, 0.2) is 6.61 Å². The lowest BCUT2D eigenvalue weighted by molar-refractivity contribution is -0.125. The smallest absolute Gasteiger partial charge is 0.338 e. The van der Waals surface area contributed by atoms with Gasteiger partial charge in [0.05, 0.1) is 17.3 Å². The molecular weight excluding hydrogens is 360 g/mol. The van der Waals surface area contributed by atoms with Crippen molar-refractivity contribution in [3.63, 3.8) is 0 Å². The maximum atomic E-state index is 12.2. The average molecular weight is 378 g/mol. The molecule has 1 aliphatic heterocycles. The molecule has 1 atom stereocenters. The minimum atomic E-state index is -0.726. The Hall–Kier alpha value is -3.74. The second-order valence-electron chi connectivity index (χ2n) is 6.17. The quantitative estimate of drug-likeness (QED) is 0.614. The number of amides is 3. The fourth-order valence-electron chi connectivity index (χ4n) is 2.75. The molecule has 3 amide bonds. The Bertz CT molecular complexity index is 934. The van der Waals surface area contributed by atoms with Gasteiger partial charge in [0.2, 0.25) is 0 Å². The molecule has 3 rings (SSSR count). The van der Waals surface area contributed by atoms with Crippen molar-refractivity contribution in [2.75, 3.05) is 11.5 Å². The summed E-state index contributed by atoms with van der Waals surface area (Å²) in [5.74, 6) is -2.12. The summed E-state index contributed by atoms with van der Waals surface area (Å²) in [6.45, 7) is 1.39. The number of nitrogens with zero attached hydrogens (tertiary/aromatic N) is 1. The van der Waals surface area contributed by atoms with Crippen molar-refractivity contribution in [1.82, 2.24) is 5.32 Å². The molecule has 2 aromatic rings. The van der Waals surface area contributed by atoms with Gasteiger partial charge in [-0.25, -0.2) is 9.69 Å². The van der Waals surface area contributed by atoms with Crippen molar-refractivity contribution in [1.29, 1.82) is 0 Å². The van der Waals surface area contributed by atoms with Gasteiger partial charge in [-0.3, -0.25) is 14.4 Å². The van der Waals surface area contributed by atoms with Crippen LogP contribution in [0.15, 0.2) is 66.7 Å². The molecule has 1 aliphatic rings. The van der Waals surface area contributed by atoms with Crippen LogP contribution in [0.5, 0.6) is 0 Å². The number of nitrogens with one attached hydrogen (secondary N) is 1. The van der Waals surface area contributed by atoms with E-state index in [9.17, 15) is 19.2 Å². The van der Waals surface area contributed by atoms with Crippen LogP contribution in [-0.2, 0) is 19.1 Å². The van der Waals surface area contributed by atoms with Crippen molar-refractivity contribution in [3.05, 3.63) is 77.9 Å². The molecule has 2 aromatic carbocycles. The molecule has 142 valence electrons. The zero-order chi connectivity index (χ0) is 20.1. The third kappa shape index (κ3) is 4.32. The number of esters is 1. The van der Waals surface area contributed by atoms with Crippen LogP contribution in [0.25, 0.3) is 0 Å². The first-order valence-corrected chi connectivity index (χ1v) is 8.63. The summed E-state index contributed by atoms with van der Waals surface area (Å²) >= 11 is 0. The molecule has 0 aromatic heterocycles. The molecule has 7 nitrogen and oxygen atoms in total. The Morgan fingerprint density at radius 1 is 1.00 bits per heavy atom. The van der Waals surface area contributed by atoms with Crippen LogP contribution in [0, 0.1) is 0 Å². The normalized spacial score (nSPS) is 14.1. The van der Waals surface area contributed by atoms with Gasteiger partial charge in [-0.15, -0.1) is 0 Å². The van der Waals surface area contributed by atoms with Crippen LogP contribution < -0.4 is 10.2 Å². The van der Waals surface area contributed by atoms with Crippen molar-refractivity contribution in [2.24, 2.45) is 0 Å². The highest BCUT2D eigenvalue weighted by Gasteiger charge is 2.25. The number of anilines is 1. The molecule has 0 aliphatic carbocycles. The summed E-state index contributed by atoms with van der Waals surface area (Å²) in [7, 11) is 0. The van der Waals surface area contributed by atoms with Crippen LogP contribution in [-0.4, -0.2) is 30.3 Å². The van der Waals surface area contributed by atoms with Gasteiger partial charge in [-0.2, -0.15) is 0 Å². The van der Waals surface area contributed by atoms with Crippen LogP contribution >= 0.6 is 0 Å². The van der Waals surface area contributed by atoms with E-state index in [1.54, 1.807) is 0 Å². The van der Waals surface area contributed by atoms with Crippen molar-refractivity contribution >= 4 is 29.4 Å². The SMILES string of the molecule is C[C@H](NC(=O)COC(=O)c1cccc(N2C(=O)C=CC2=O)c1)c1ccccc1. The summed E-state index contributed by atoms with van der Waals surface area (Å²) in [4.78, 5) is 48.7. The van der Waals surface area contributed by atoms with Crippen molar-refractivity contribution < 1.29 is 23.9 Å². The third-order valence-electron chi connectivity index (χ3n) is 4.16. The summed E-state index contributed by atoms with van der Waals surface area (Å²) in [5, 5.41) is 2.75. The Kier molecular flexibility index (Phi) is 5.64. The van der Waals surface area contributed by atoms with Gasteiger partial charge in [-0.05, 0) is 30.7 Å². The Balaban J connectivity index is 1.58. The molecule has 1 heterocycles. The molecule has 28 heavy (non-hydrogen) atoms. The highest BCUT2D eigenvalue weighted by Crippen LogP contribution is 2.20. The first kappa shape index (κ1) is 19.0. The van der Waals surface area contributed by atoms with E-state index >= 15 is 0 Å². The molecule has 0 unspecified atom stereocenters.